The van der Waals surface area contributed by atoms with Crippen molar-refractivity contribution in [1.82, 2.24) is 0 Å². The maximum absolute atomic E-state index is 13.0. The molecule has 1 heterocycles. The second kappa shape index (κ2) is 12.9. The summed E-state index contributed by atoms with van der Waals surface area (Å²) in [6.45, 7) is 4.61. The number of hydrogen-bond acceptors (Lipinski definition) is 8. The Kier molecular flexibility index (Phi) is 9.61. The Morgan fingerprint density at radius 3 is 2.14 bits per heavy atom. The predicted molar refractivity (Wildman–Crippen MR) is 136 cm³/mol. The van der Waals surface area contributed by atoms with E-state index in [1.54, 1.807) is 26.4 Å². The van der Waals surface area contributed by atoms with Crippen LogP contribution in [-0.2, 0) is 19.1 Å². The quantitative estimate of drug-likeness (QED) is 0.319. The summed E-state index contributed by atoms with van der Waals surface area (Å²) in [5.41, 5.74) is 8.64. The lowest BCUT2D eigenvalue weighted by Gasteiger charge is -2.28. The third kappa shape index (κ3) is 6.50. The van der Waals surface area contributed by atoms with Crippen molar-refractivity contribution in [3.8, 4) is 28.4 Å². The monoisotopic (exact) mass is 497 g/mol. The molecule has 2 aromatic carbocycles. The molecule has 0 spiro atoms. The van der Waals surface area contributed by atoms with E-state index in [1.165, 1.54) is 0 Å². The second-order valence-corrected chi connectivity index (χ2v) is 8.55. The molecule has 194 valence electrons. The molecule has 0 fully saturated rings. The Bertz CT molecular complexity index is 1090. The number of ether oxygens (including phenoxy) is 5. The maximum Gasteiger partial charge on any atom is 0.340 e. The van der Waals surface area contributed by atoms with Crippen LogP contribution in [0, 0.1) is 0 Å². The van der Waals surface area contributed by atoms with Gasteiger partial charge in [-0.1, -0.05) is 32.8 Å². The number of unbranched alkanes of at least 4 members (excludes halogenated alkanes) is 2. The first kappa shape index (κ1) is 26.9. The molecule has 0 aliphatic carbocycles. The standard InChI is InChI=1S/C28H35NO7/c1-5-7-11-34-25(30)17-23-22-15-18(19-13-20(32-3)16-21(14-19)33-4)9-10-24(22)36-27(29)26(23)28(31)35-12-8-6-2/h9-10,13-16,23H,5-8,11-12,17,29H2,1-4H3. The summed E-state index contributed by atoms with van der Waals surface area (Å²) in [6.07, 6.45) is 3.21. The normalized spacial score (nSPS) is 14.5. The first-order valence-corrected chi connectivity index (χ1v) is 12.3. The van der Waals surface area contributed by atoms with Crippen LogP contribution < -0.4 is 19.9 Å². The average Bonchev–Trinajstić information content (AvgIpc) is 2.88. The molecule has 36 heavy (non-hydrogen) atoms. The first-order chi connectivity index (χ1) is 17.4. The Labute approximate surface area is 212 Å². The van der Waals surface area contributed by atoms with Gasteiger partial charge in [-0.15, -0.1) is 0 Å². The summed E-state index contributed by atoms with van der Waals surface area (Å²) in [6, 6.07) is 11.1. The first-order valence-electron chi connectivity index (χ1n) is 12.3. The third-order valence-corrected chi connectivity index (χ3v) is 5.99. The van der Waals surface area contributed by atoms with Crippen LogP contribution in [0.3, 0.4) is 0 Å². The highest BCUT2D eigenvalue weighted by Crippen LogP contribution is 2.43. The van der Waals surface area contributed by atoms with Crippen LogP contribution in [0.15, 0.2) is 47.9 Å². The van der Waals surface area contributed by atoms with E-state index in [0.29, 0.717) is 29.4 Å². The molecule has 0 bridgehead atoms. The molecule has 0 radical (unpaired) electrons. The van der Waals surface area contributed by atoms with E-state index in [2.05, 4.69) is 0 Å². The highest BCUT2D eigenvalue weighted by Gasteiger charge is 2.36. The lowest BCUT2D eigenvalue weighted by atomic mass is 9.84. The van der Waals surface area contributed by atoms with E-state index in [9.17, 15) is 9.59 Å². The lowest BCUT2D eigenvalue weighted by molar-refractivity contribution is -0.144. The number of hydrogen-bond donors (Lipinski definition) is 1. The minimum atomic E-state index is -0.676. The third-order valence-electron chi connectivity index (χ3n) is 5.99. The van der Waals surface area contributed by atoms with Gasteiger partial charge >= 0.3 is 11.9 Å². The molecule has 2 N–H and O–H groups in total. The zero-order valence-electron chi connectivity index (χ0n) is 21.4. The summed E-state index contributed by atoms with van der Waals surface area (Å²) in [4.78, 5) is 25.8. The van der Waals surface area contributed by atoms with Gasteiger partial charge in [0, 0.05) is 17.5 Å². The number of benzene rings is 2. The van der Waals surface area contributed by atoms with Crippen molar-refractivity contribution >= 4 is 11.9 Å². The molecule has 1 unspecified atom stereocenters. The molecular weight excluding hydrogens is 462 g/mol. The van der Waals surface area contributed by atoms with Gasteiger partial charge in [0.05, 0.1) is 33.9 Å². The molecule has 0 saturated heterocycles. The maximum atomic E-state index is 13.0. The lowest BCUT2D eigenvalue weighted by Crippen LogP contribution is -2.28. The highest BCUT2D eigenvalue weighted by atomic mass is 16.5. The van der Waals surface area contributed by atoms with Crippen LogP contribution in [-0.4, -0.2) is 39.4 Å². The minimum Gasteiger partial charge on any atom is -0.497 e. The van der Waals surface area contributed by atoms with Crippen molar-refractivity contribution in [2.45, 2.75) is 51.9 Å². The van der Waals surface area contributed by atoms with Crippen LogP contribution in [0.4, 0.5) is 0 Å². The van der Waals surface area contributed by atoms with Gasteiger partial charge in [0.15, 0.2) is 0 Å². The van der Waals surface area contributed by atoms with E-state index in [0.717, 1.165) is 36.8 Å². The zero-order chi connectivity index (χ0) is 26.1. The summed E-state index contributed by atoms with van der Waals surface area (Å²) < 4.78 is 27.5. The number of methoxy groups -OCH3 is 2. The van der Waals surface area contributed by atoms with Crippen molar-refractivity contribution in [2.75, 3.05) is 27.4 Å². The van der Waals surface area contributed by atoms with Crippen LogP contribution >= 0.6 is 0 Å². The minimum absolute atomic E-state index is 0.0637. The molecule has 8 nitrogen and oxygen atoms in total. The highest BCUT2D eigenvalue weighted by molar-refractivity contribution is 5.93. The van der Waals surface area contributed by atoms with Crippen LogP contribution in [0.25, 0.3) is 11.1 Å². The average molecular weight is 498 g/mol. The van der Waals surface area contributed by atoms with Crippen molar-refractivity contribution in [3.05, 3.63) is 53.4 Å². The van der Waals surface area contributed by atoms with E-state index < -0.39 is 17.9 Å². The topological polar surface area (TPSA) is 106 Å². The fraction of sp³-hybridized carbons (Fsp3) is 0.429. The molecule has 2 aromatic rings. The Morgan fingerprint density at radius 2 is 1.53 bits per heavy atom. The van der Waals surface area contributed by atoms with Gasteiger partial charge in [0.2, 0.25) is 5.88 Å². The van der Waals surface area contributed by atoms with Crippen molar-refractivity contribution in [1.29, 1.82) is 0 Å². The number of rotatable bonds is 12. The fourth-order valence-electron chi connectivity index (χ4n) is 3.97. The van der Waals surface area contributed by atoms with Gasteiger partial charge < -0.3 is 29.4 Å². The summed E-state index contributed by atoms with van der Waals surface area (Å²) >= 11 is 0. The Morgan fingerprint density at radius 1 is 0.889 bits per heavy atom. The van der Waals surface area contributed by atoms with Gasteiger partial charge in [-0.3, -0.25) is 4.79 Å². The largest absolute Gasteiger partial charge is 0.497 e. The molecule has 8 heteroatoms. The number of esters is 2. The number of nitrogens with two attached hydrogens (primary N) is 1. The molecule has 0 amide bonds. The van der Waals surface area contributed by atoms with Gasteiger partial charge in [-0.2, -0.15) is 0 Å². The summed E-state index contributed by atoms with van der Waals surface area (Å²) in [5, 5.41) is 0. The van der Waals surface area contributed by atoms with E-state index >= 15 is 0 Å². The van der Waals surface area contributed by atoms with Gasteiger partial charge in [-0.25, -0.2) is 4.79 Å². The summed E-state index contributed by atoms with van der Waals surface area (Å²) in [5.74, 6) is 0.00317. The predicted octanol–water partition coefficient (Wildman–Crippen LogP) is 5.09. The van der Waals surface area contributed by atoms with Gasteiger partial charge in [0.25, 0.3) is 0 Å². The molecule has 0 aromatic heterocycles. The van der Waals surface area contributed by atoms with Crippen LogP contribution in [0.5, 0.6) is 17.2 Å². The van der Waals surface area contributed by atoms with Crippen LogP contribution in [0.1, 0.15) is 57.4 Å². The van der Waals surface area contributed by atoms with E-state index in [-0.39, 0.29) is 24.5 Å². The molecule has 1 aliphatic heterocycles. The summed E-state index contributed by atoms with van der Waals surface area (Å²) in [7, 11) is 3.17. The molecule has 3 rings (SSSR count). The number of carbonyl (C=O) groups excluding carboxylic acids is 2. The Balaban J connectivity index is 2.02. The molecular formula is C28H35NO7. The second-order valence-electron chi connectivity index (χ2n) is 8.55. The number of fused-ring (bicyclic) bond motifs is 1. The molecule has 1 atom stereocenters. The van der Waals surface area contributed by atoms with Crippen molar-refractivity contribution in [3.63, 3.8) is 0 Å². The fourth-order valence-corrected chi connectivity index (χ4v) is 3.97. The zero-order valence-corrected chi connectivity index (χ0v) is 21.4. The van der Waals surface area contributed by atoms with E-state index in [1.807, 2.05) is 38.1 Å². The SMILES string of the molecule is CCCCOC(=O)CC1C(C(=O)OCCCC)=C(N)Oc2ccc(-c3cc(OC)cc(OC)c3)cc21. The number of carbonyl (C=O) groups is 2. The van der Waals surface area contributed by atoms with Crippen molar-refractivity contribution in [2.24, 2.45) is 5.73 Å². The van der Waals surface area contributed by atoms with Gasteiger partial charge in [0.1, 0.15) is 22.8 Å². The van der Waals surface area contributed by atoms with Crippen molar-refractivity contribution < 1.29 is 33.3 Å². The van der Waals surface area contributed by atoms with Gasteiger partial charge in [-0.05, 0) is 48.2 Å². The Hall–Kier alpha value is -3.68. The smallest absolute Gasteiger partial charge is 0.340 e. The molecule has 1 aliphatic rings. The molecule has 0 saturated carbocycles. The van der Waals surface area contributed by atoms with E-state index in [4.69, 9.17) is 29.4 Å². The van der Waals surface area contributed by atoms with Crippen LogP contribution in [0.2, 0.25) is 0 Å².